The van der Waals surface area contributed by atoms with E-state index in [-0.39, 0.29) is 5.56 Å². The molecule has 0 aliphatic rings. The lowest BCUT2D eigenvalue weighted by atomic mass is 10.0. The third-order valence-corrected chi connectivity index (χ3v) is 3.43. The van der Waals surface area contributed by atoms with Gasteiger partial charge < -0.3 is 5.32 Å². The Hall–Kier alpha value is -3.22. The summed E-state index contributed by atoms with van der Waals surface area (Å²) in [6, 6.07) is 16.6. The van der Waals surface area contributed by atoms with Crippen molar-refractivity contribution in [2.24, 2.45) is 0 Å². The van der Waals surface area contributed by atoms with Gasteiger partial charge in [0, 0.05) is 23.6 Å². The molecule has 3 aromatic rings. The molecule has 1 heterocycles. The van der Waals surface area contributed by atoms with Crippen molar-refractivity contribution >= 4 is 11.6 Å². The number of halogens is 3. The number of hydrogen-bond donors (Lipinski definition) is 1. The molecule has 0 unspecified atom stereocenters. The molecule has 1 N–H and O–H groups in total. The molecule has 25 heavy (non-hydrogen) atoms. The van der Waals surface area contributed by atoms with Crippen LogP contribution in [0.15, 0.2) is 67.0 Å². The van der Waals surface area contributed by atoms with Gasteiger partial charge in [0.25, 0.3) is 5.91 Å². The summed E-state index contributed by atoms with van der Waals surface area (Å²) in [7, 11) is 0. The second-order valence-corrected chi connectivity index (χ2v) is 5.16. The largest absolute Gasteiger partial charge is 0.451 e. The number of alkyl halides is 3. The number of rotatable bonds is 3. The van der Waals surface area contributed by atoms with Crippen LogP contribution in [0.2, 0.25) is 0 Å². The predicted molar refractivity (Wildman–Crippen MR) is 86.9 cm³/mol. The van der Waals surface area contributed by atoms with Crippen molar-refractivity contribution in [2.75, 3.05) is 5.32 Å². The Kier molecular flexibility index (Phi) is 4.47. The Balaban J connectivity index is 1.85. The number of carbonyl (C=O) groups excluding carboxylic acids is 1. The van der Waals surface area contributed by atoms with Crippen LogP contribution < -0.4 is 5.32 Å². The van der Waals surface area contributed by atoms with Crippen LogP contribution in [0.3, 0.4) is 0 Å². The van der Waals surface area contributed by atoms with Crippen LogP contribution in [-0.2, 0) is 6.18 Å². The van der Waals surface area contributed by atoms with E-state index in [1.807, 2.05) is 42.5 Å². The molecule has 1 aromatic heterocycles. The van der Waals surface area contributed by atoms with Crippen molar-refractivity contribution in [3.8, 4) is 11.1 Å². The van der Waals surface area contributed by atoms with Crippen LogP contribution in [0.1, 0.15) is 16.2 Å². The van der Waals surface area contributed by atoms with Crippen molar-refractivity contribution in [3.63, 3.8) is 0 Å². The molecule has 0 bridgehead atoms. The topological polar surface area (TPSA) is 54.9 Å². The molecule has 3 rings (SSSR count). The van der Waals surface area contributed by atoms with Gasteiger partial charge in [0.15, 0.2) is 0 Å². The van der Waals surface area contributed by atoms with Gasteiger partial charge in [0.05, 0.1) is 5.56 Å². The van der Waals surface area contributed by atoms with Gasteiger partial charge >= 0.3 is 6.18 Å². The standard InChI is InChI=1S/C18H12F3N3O/c19-18(20,21)17-22-10-13(11-23-17)16(25)24-15-9-5-4-8-14(15)12-6-2-1-3-7-12/h1-11H,(H,24,25). The Morgan fingerprint density at radius 3 is 2.12 bits per heavy atom. The highest BCUT2D eigenvalue weighted by atomic mass is 19.4. The molecule has 2 aromatic carbocycles. The number of para-hydroxylation sites is 1. The number of anilines is 1. The molecule has 0 saturated carbocycles. The molecule has 0 fully saturated rings. The third-order valence-electron chi connectivity index (χ3n) is 3.43. The van der Waals surface area contributed by atoms with Crippen molar-refractivity contribution in [2.45, 2.75) is 6.18 Å². The van der Waals surface area contributed by atoms with Crippen LogP contribution in [0.4, 0.5) is 18.9 Å². The second kappa shape index (κ2) is 6.72. The van der Waals surface area contributed by atoms with E-state index >= 15 is 0 Å². The molecule has 0 aliphatic heterocycles. The second-order valence-electron chi connectivity index (χ2n) is 5.16. The Labute approximate surface area is 141 Å². The molecule has 0 saturated heterocycles. The summed E-state index contributed by atoms with van der Waals surface area (Å²) >= 11 is 0. The molecular weight excluding hydrogens is 331 g/mol. The molecular formula is C18H12F3N3O. The van der Waals surface area contributed by atoms with Crippen molar-refractivity contribution in [3.05, 3.63) is 78.4 Å². The Morgan fingerprint density at radius 2 is 1.48 bits per heavy atom. The predicted octanol–water partition coefficient (Wildman–Crippen LogP) is 4.41. The minimum absolute atomic E-state index is 0.0594. The number of hydrogen-bond acceptors (Lipinski definition) is 3. The monoisotopic (exact) mass is 343 g/mol. The average Bonchev–Trinajstić information content (AvgIpc) is 2.62. The van der Waals surface area contributed by atoms with Crippen LogP contribution in [0.25, 0.3) is 11.1 Å². The Bertz CT molecular complexity index is 878. The van der Waals surface area contributed by atoms with Gasteiger partial charge in [-0.1, -0.05) is 48.5 Å². The van der Waals surface area contributed by atoms with E-state index in [4.69, 9.17) is 0 Å². The maximum atomic E-state index is 12.5. The zero-order valence-corrected chi connectivity index (χ0v) is 12.8. The van der Waals surface area contributed by atoms with E-state index < -0.39 is 17.9 Å². The zero-order valence-electron chi connectivity index (χ0n) is 12.8. The number of benzene rings is 2. The molecule has 0 atom stereocenters. The summed E-state index contributed by atoms with van der Waals surface area (Å²) in [5.41, 5.74) is 2.18. The van der Waals surface area contributed by atoms with Gasteiger partial charge in [-0.25, -0.2) is 9.97 Å². The lowest BCUT2D eigenvalue weighted by Crippen LogP contribution is -2.16. The van der Waals surface area contributed by atoms with E-state index in [1.54, 1.807) is 12.1 Å². The fourth-order valence-electron chi connectivity index (χ4n) is 2.25. The molecule has 0 aliphatic carbocycles. The average molecular weight is 343 g/mol. The van der Waals surface area contributed by atoms with Crippen LogP contribution in [0, 0.1) is 0 Å². The smallest absolute Gasteiger partial charge is 0.321 e. The fourth-order valence-corrected chi connectivity index (χ4v) is 2.25. The quantitative estimate of drug-likeness (QED) is 0.766. The lowest BCUT2D eigenvalue weighted by molar-refractivity contribution is -0.145. The summed E-state index contributed by atoms with van der Waals surface area (Å²) in [5, 5.41) is 2.68. The first-order chi connectivity index (χ1) is 11.9. The maximum Gasteiger partial charge on any atom is 0.451 e. The molecule has 1 amide bonds. The van der Waals surface area contributed by atoms with Gasteiger partial charge in [0.2, 0.25) is 5.82 Å². The Morgan fingerprint density at radius 1 is 0.880 bits per heavy atom. The summed E-state index contributed by atoms with van der Waals surface area (Å²) < 4.78 is 37.4. The molecule has 0 spiro atoms. The van der Waals surface area contributed by atoms with Crippen LogP contribution in [-0.4, -0.2) is 15.9 Å². The lowest BCUT2D eigenvalue weighted by Gasteiger charge is -2.11. The fraction of sp³-hybridized carbons (Fsp3) is 0.0556. The summed E-state index contributed by atoms with van der Waals surface area (Å²) in [4.78, 5) is 18.7. The molecule has 7 heteroatoms. The van der Waals surface area contributed by atoms with E-state index in [1.165, 1.54) is 0 Å². The minimum atomic E-state index is -4.64. The normalized spacial score (nSPS) is 11.2. The maximum absolute atomic E-state index is 12.5. The first kappa shape index (κ1) is 16.6. The van der Waals surface area contributed by atoms with Gasteiger partial charge in [-0.3, -0.25) is 4.79 Å². The highest BCUT2D eigenvalue weighted by molar-refractivity contribution is 6.05. The first-order valence-corrected chi connectivity index (χ1v) is 7.30. The number of nitrogens with one attached hydrogen (secondary N) is 1. The van der Waals surface area contributed by atoms with Crippen molar-refractivity contribution in [1.29, 1.82) is 0 Å². The molecule has 126 valence electrons. The SMILES string of the molecule is O=C(Nc1ccccc1-c1ccccc1)c1cnc(C(F)(F)F)nc1. The zero-order chi connectivity index (χ0) is 17.9. The highest BCUT2D eigenvalue weighted by Crippen LogP contribution is 2.28. The van der Waals surface area contributed by atoms with Crippen molar-refractivity contribution < 1.29 is 18.0 Å². The third kappa shape index (κ3) is 3.82. The van der Waals surface area contributed by atoms with Gasteiger partial charge in [0.1, 0.15) is 0 Å². The van der Waals surface area contributed by atoms with Crippen molar-refractivity contribution in [1.82, 2.24) is 9.97 Å². The van der Waals surface area contributed by atoms with Crippen LogP contribution in [0.5, 0.6) is 0 Å². The number of carbonyl (C=O) groups is 1. The number of amides is 1. The number of aromatic nitrogens is 2. The summed E-state index contributed by atoms with van der Waals surface area (Å²) in [6.45, 7) is 0. The first-order valence-electron chi connectivity index (χ1n) is 7.30. The van der Waals surface area contributed by atoms with Crippen LogP contribution >= 0.6 is 0 Å². The summed E-state index contributed by atoms with van der Waals surface area (Å²) in [5.74, 6) is -1.87. The molecule has 0 radical (unpaired) electrons. The van der Waals surface area contributed by atoms with Gasteiger partial charge in [-0.05, 0) is 11.6 Å². The van der Waals surface area contributed by atoms with E-state index in [2.05, 4.69) is 15.3 Å². The van der Waals surface area contributed by atoms with Gasteiger partial charge in [-0.15, -0.1) is 0 Å². The number of nitrogens with zero attached hydrogens (tertiary/aromatic N) is 2. The summed E-state index contributed by atoms with van der Waals surface area (Å²) in [6.07, 6.45) is -2.93. The van der Waals surface area contributed by atoms with E-state index in [0.717, 1.165) is 23.5 Å². The van der Waals surface area contributed by atoms with E-state index in [9.17, 15) is 18.0 Å². The molecule has 4 nitrogen and oxygen atoms in total. The highest BCUT2D eigenvalue weighted by Gasteiger charge is 2.34. The van der Waals surface area contributed by atoms with E-state index in [0.29, 0.717) is 5.69 Å². The minimum Gasteiger partial charge on any atom is -0.321 e. The van der Waals surface area contributed by atoms with Gasteiger partial charge in [-0.2, -0.15) is 13.2 Å².